The van der Waals surface area contributed by atoms with E-state index in [-0.39, 0.29) is 0 Å². The van der Waals surface area contributed by atoms with E-state index in [1.165, 1.54) is 0 Å². The molecule has 0 saturated heterocycles. The topological polar surface area (TPSA) is 107 Å². The van der Waals surface area contributed by atoms with Crippen LogP contribution in [-0.4, -0.2) is 18.2 Å². The molecule has 0 saturated carbocycles. The maximum Gasteiger partial charge on any atom is 0.277 e. The van der Waals surface area contributed by atoms with E-state index in [1.807, 2.05) is 0 Å². The molecule has 10 heteroatoms. The fourth-order valence-corrected chi connectivity index (χ4v) is 1.21. The Morgan fingerprint density at radius 1 is 0.952 bits per heavy atom. The minimum absolute atomic E-state index is 0.535. The lowest BCUT2D eigenvalue weighted by Gasteiger charge is -1.99. The molecule has 0 aliphatic carbocycles. The van der Waals surface area contributed by atoms with Gasteiger partial charge < -0.3 is 9.68 Å². The maximum absolute atomic E-state index is 14.0. The Labute approximate surface area is 114 Å². The summed E-state index contributed by atoms with van der Waals surface area (Å²) in [5.41, 5.74) is -0.677. The summed E-state index contributed by atoms with van der Waals surface area (Å²) in [7, 11) is 0. The van der Waals surface area contributed by atoms with Gasteiger partial charge >= 0.3 is 0 Å². The Morgan fingerprint density at radius 3 is 2.05 bits per heavy atom. The first kappa shape index (κ1) is 15.6. The van der Waals surface area contributed by atoms with Gasteiger partial charge in [-0.15, -0.1) is 0 Å². The fraction of sp³-hybridized carbons (Fsp3) is 0. The van der Waals surface area contributed by atoms with Gasteiger partial charge in [0.05, 0.1) is 10.4 Å². The molecule has 0 bridgehead atoms. The zero-order chi connectivity index (χ0) is 15.7. The number of nitrogens with zero attached hydrogens (tertiary/aromatic N) is 3. The third-order valence-electron chi connectivity index (χ3n) is 1.96. The van der Waals surface area contributed by atoms with Crippen LogP contribution in [0.1, 0.15) is 0 Å². The van der Waals surface area contributed by atoms with Gasteiger partial charge in [-0.1, -0.05) is 0 Å². The zero-order valence-electron chi connectivity index (χ0n) is 9.87. The highest BCUT2D eigenvalue weighted by molar-refractivity contribution is 5.51. The molecule has 0 radical (unpaired) electrons. The quantitative estimate of drug-likeness (QED) is 0.430. The van der Waals surface area contributed by atoms with Crippen LogP contribution in [0.5, 0.6) is 0 Å². The number of isocyanates is 3. The highest BCUT2D eigenvalue weighted by Crippen LogP contribution is 2.12. The number of carbonyl (C=O) groups excluding carboxylic acids is 3. The Bertz CT molecular complexity index is 804. The summed E-state index contributed by atoms with van der Waals surface area (Å²) in [6.45, 7) is 0. The van der Waals surface area contributed by atoms with Crippen LogP contribution >= 0.6 is 0 Å². The predicted molar refractivity (Wildman–Crippen MR) is 60.7 cm³/mol. The van der Waals surface area contributed by atoms with Crippen LogP contribution in [0, 0.1) is 11.6 Å². The van der Waals surface area contributed by atoms with Crippen molar-refractivity contribution in [2.45, 2.75) is 0 Å². The van der Waals surface area contributed by atoms with Gasteiger partial charge in [0.15, 0.2) is 5.82 Å². The molecule has 1 aromatic rings. The number of halogens is 2. The molecule has 0 N–H and O–H groups in total. The Kier molecular flexibility index (Phi) is 5.86. The van der Waals surface area contributed by atoms with Crippen molar-refractivity contribution >= 4 is 36.5 Å². The molecule has 1 rings (SSSR count). The van der Waals surface area contributed by atoms with Gasteiger partial charge in [-0.05, 0) is 0 Å². The SMILES string of the molecule is O=C=NOC=c1c(F)cc(N=C=O)c(F)c1=CON=C=O. The van der Waals surface area contributed by atoms with Crippen LogP contribution < -0.4 is 10.4 Å². The highest BCUT2D eigenvalue weighted by atomic mass is 19.1. The van der Waals surface area contributed by atoms with Crippen LogP contribution in [0.2, 0.25) is 0 Å². The summed E-state index contributed by atoms with van der Waals surface area (Å²) in [4.78, 5) is 41.2. The summed E-state index contributed by atoms with van der Waals surface area (Å²) in [6.07, 6.45) is 4.13. The second kappa shape index (κ2) is 7.88. The normalized spacial score (nSPS) is 11.0. The van der Waals surface area contributed by atoms with Crippen molar-refractivity contribution in [1.82, 2.24) is 0 Å². The van der Waals surface area contributed by atoms with Crippen LogP contribution in [-0.2, 0) is 24.1 Å². The summed E-state index contributed by atoms with van der Waals surface area (Å²) in [5, 5.41) is 4.16. The number of rotatable bonds is 5. The number of hydrogen-bond acceptors (Lipinski definition) is 8. The molecule has 0 aliphatic heterocycles. The molecule has 0 spiro atoms. The third-order valence-corrected chi connectivity index (χ3v) is 1.96. The molecular weight excluding hydrogens is 292 g/mol. The van der Waals surface area contributed by atoms with E-state index in [9.17, 15) is 23.2 Å². The van der Waals surface area contributed by atoms with Gasteiger partial charge in [-0.25, -0.2) is 23.2 Å². The number of aliphatic imine (C=N–C) groups is 1. The van der Waals surface area contributed by atoms with Gasteiger partial charge in [0.25, 0.3) is 12.2 Å². The van der Waals surface area contributed by atoms with Crippen molar-refractivity contribution in [2.75, 3.05) is 0 Å². The minimum Gasteiger partial charge on any atom is -0.353 e. The van der Waals surface area contributed by atoms with Gasteiger partial charge in [-0.2, -0.15) is 4.99 Å². The third kappa shape index (κ3) is 4.02. The van der Waals surface area contributed by atoms with Gasteiger partial charge in [0.1, 0.15) is 24.0 Å². The Hall–Kier alpha value is -3.44. The van der Waals surface area contributed by atoms with Crippen LogP contribution in [0.3, 0.4) is 0 Å². The zero-order valence-corrected chi connectivity index (χ0v) is 9.87. The molecule has 21 heavy (non-hydrogen) atoms. The van der Waals surface area contributed by atoms with E-state index in [2.05, 4.69) is 25.0 Å². The summed E-state index contributed by atoms with van der Waals surface area (Å²) < 4.78 is 27.7. The number of hydrogen-bond donors (Lipinski definition) is 0. The first-order valence-electron chi connectivity index (χ1n) is 4.88. The molecule has 0 unspecified atom stereocenters. The highest BCUT2D eigenvalue weighted by Gasteiger charge is 2.10. The van der Waals surface area contributed by atoms with Crippen molar-refractivity contribution in [2.24, 2.45) is 15.3 Å². The second-order valence-corrected chi connectivity index (χ2v) is 3.03. The van der Waals surface area contributed by atoms with Crippen molar-refractivity contribution in [3.05, 3.63) is 28.1 Å². The van der Waals surface area contributed by atoms with Crippen LogP contribution in [0.15, 0.2) is 21.4 Å². The summed E-state index contributed by atoms with van der Waals surface area (Å²) in [6, 6.07) is 0.570. The lowest BCUT2D eigenvalue weighted by atomic mass is 10.2. The average Bonchev–Trinajstić information content (AvgIpc) is 2.47. The molecule has 0 amide bonds. The standard InChI is InChI=1S/C11H3F2N3O5/c12-9-1-10(14-4-17)11(13)8(3-21-16-6-19)7(9)2-20-15-5-18/h1-3H. The van der Waals surface area contributed by atoms with E-state index in [1.54, 1.807) is 0 Å². The lowest BCUT2D eigenvalue weighted by Crippen LogP contribution is -2.32. The number of benzene rings is 1. The molecule has 0 heterocycles. The fourth-order valence-electron chi connectivity index (χ4n) is 1.21. The Morgan fingerprint density at radius 2 is 1.52 bits per heavy atom. The Balaban J connectivity index is 3.69. The molecule has 1 aromatic carbocycles. The molecule has 0 aromatic heterocycles. The lowest BCUT2D eigenvalue weighted by molar-refractivity contribution is 0.307. The van der Waals surface area contributed by atoms with E-state index in [4.69, 9.17) is 0 Å². The van der Waals surface area contributed by atoms with Gasteiger partial charge in [-0.3, -0.25) is 0 Å². The van der Waals surface area contributed by atoms with Crippen molar-refractivity contribution in [1.29, 1.82) is 0 Å². The van der Waals surface area contributed by atoms with Crippen LogP contribution in [0.4, 0.5) is 14.5 Å². The summed E-state index contributed by atoms with van der Waals surface area (Å²) >= 11 is 0. The monoisotopic (exact) mass is 295 g/mol. The smallest absolute Gasteiger partial charge is 0.277 e. The molecule has 0 fully saturated rings. The first-order chi connectivity index (χ1) is 10.2. The molecule has 0 atom stereocenters. The van der Waals surface area contributed by atoms with E-state index in [0.29, 0.717) is 18.6 Å². The summed E-state index contributed by atoms with van der Waals surface area (Å²) in [5.74, 6) is -2.28. The van der Waals surface area contributed by atoms with E-state index in [0.717, 1.165) is 18.2 Å². The van der Waals surface area contributed by atoms with E-state index < -0.39 is 27.8 Å². The van der Waals surface area contributed by atoms with Crippen LogP contribution in [0.25, 0.3) is 12.5 Å². The predicted octanol–water partition coefficient (Wildman–Crippen LogP) is -0.0571. The van der Waals surface area contributed by atoms with Crippen molar-refractivity contribution in [3.8, 4) is 0 Å². The maximum atomic E-state index is 14.0. The minimum atomic E-state index is -1.19. The van der Waals surface area contributed by atoms with Gasteiger partial charge in [0, 0.05) is 16.4 Å². The second-order valence-electron chi connectivity index (χ2n) is 3.03. The van der Waals surface area contributed by atoms with Crippen molar-refractivity contribution < 1.29 is 32.8 Å². The molecule has 0 aliphatic rings. The van der Waals surface area contributed by atoms with Gasteiger partial charge in [0.2, 0.25) is 6.08 Å². The average molecular weight is 295 g/mol. The molecule has 106 valence electrons. The van der Waals surface area contributed by atoms with E-state index >= 15 is 0 Å². The molecule has 8 nitrogen and oxygen atoms in total. The largest absolute Gasteiger partial charge is 0.353 e. The molecular formula is C11H3F2N3O5. The van der Waals surface area contributed by atoms with Crippen molar-refractivity contribution in [3.63, 3.8) is 0 Å². The first-order valence-corrected chi connectivity index (χ1v) is 4.88.